The highest BCUT2D eigenvalue weighted by atomic mass is 19.1. The maximum atomic E-state index is 12.7. The van der Waals surface area contributed by atoms with E-state index in [9.17, 15) is 9.18 Å². The highest BCUT2D eigenvalue weighted by Gasteiger charge is 2.04. The molecule has 0 aliphatic carbocycles. The summed E-state index contributed by atoms with van der Waals surface area (Å²) in [7, 11) is 0. The number of rotatable bonds is 5. The molecular weight excluding hydrogens is 257 g/mol. The lowest BCUT2D eigenvalue weighted by Gasteiger charge is -2.08. The van der Waals surface area contributed by atoms with E-state index in [1.165, 1.54) is 12.1 Å². The van der Waals surface area contributed by atoms with E-state index in [2.05, 4.69) is 5.32 Å². The predicted octanol–water partition coefficient (Wildman–Crippen LogP) is 2.94. The fraction of sp³-hybridized carbons (Fsp3) is 0.188. The van der Waals surface area contributed by atoms with Crippen molar-refractivity contribution < 1.29 is 13.9 Å². The molecule has 0 radical (unpaired) electrons. The fourth-order valence-electron chi connectivity index (χ4n) is 1.75. The first-order valence-electron chi connectivity index (χ1n) is 6.38. The third kappa shape index (κ3) is 4.09. The molecule has 0 aliphatic heterocycles. The van der Waals surface area contributed by atoms with Crippen molar-refractivity contribution in [2.75, 3.05) is 13.2 Å². The number of amides is 1. The fourth-order valence-corrected chi connectivity index (χ4v) is 1.75. The Balaban J connectivity index is 1.76. The number of benzene rings is 2. The minimum absolute atomic E-state index is 0.128. The molecule has 0 aliphatic rings. The molecule has 0 fully saturated rings. The minimum atomic E-state index is -0.301. The van der Waals surface area contributed by atoms with Crippen LogP contribution in [0.25, 0.3) is 0 Å². The van der Waals surface area contributed by atoms with Crippen LogP contribution in [-0.4, -0.2) is 19.1 Å². The lowest BCUT2D eigenvalue weighted by molar-refractivity contribution is 0.0947. The van der Waals surface area contributed by atoms with Crippen molar-refractivity contribution in [2.24, 2.45) is 0 Å². The van der Waals surface area contributed by atoms with Crippen LogP contribution in [0.15, 0.2) is 48.5 Å². The average molecular weight is 273 g/mol. The van der Waals surface area contributed by atoms with E-state index in [-0.39, 0.29) is 11.7 Å². The summed E-state index contributed by atoms with van der Waals surface area (Å²) in [5.41, 5.74) is 1.67. The number of hydrogen-bond donors (Lipinski definition) is 1. The summed E-state index contributed by atoms with van der Waals surface area (Å²) in [4.78, 5) is 11.8. The van der Waals surface area contributed by atoms with Crippen LogP contribution in [-0.2, 0) is 0 Å². The molecule has 0 heterocycles. The zero-order valence-electron chi connectivity index (χ0n) is 11.2. The first-order valence-corrected chi connectivity index (χ1v) is 6.38. The van der Waals surface area contributed by atoms with E-state index in [0.717, 1.165) is 5.56 Å². The van der Waals surface area contributed by atoms with E-state index in [0.29, 0.717) is 24.5 Å². The minimum Gasteiger partial charge on any atom is -0.492 e. The zero-order chi connectivity index (χ0) is 14.4. The van der Waals surface area contributed by atoms with Gasteiger partial charge in [-0.15, -0.1) is 0 Å². The van der Waals surface area contributed by atoms with Gasteiger partial charge in [0.1, 0.15) is 18.2 Å². The van der Waals surface area contributed by atoms with Gasteiger partial charge in [0.05, 0.1) is 6.54 Å². The van der Waals surface area contributed by atoms with Crippen molar-refractivity contribution in [3.8, 4) is 5.75 Å². The summed E-state index contributed by atoms with van der Waals surface area (Å²) < 4.78 is 18.1. The van der Waals surface area contributed by atoms with Gasteiger partial charge in [-0.1, -0.05) is 17.7 Å². The molecule has 0 atom stereocenters. The number of hydrogen-bond acceptors (Lipinski definition) is 2. The van der Waals surface area contributed by atoms with Crippen molar-refractivity contribution >= 4 is 5.91 Å². The Morgan fingerprint density at radius 3 is 2.65 bits per heavy atom. The molecule has 1 N–H and O–H groups in total. The molecule has 2 aromatic rings. The molecule has 1 amide bonds. The second-order valence-corrected chi connectivity index (χ2v) is 4.43. The first-order chi connectivity index (χ1) is 9.65. The SMILES string of the molecule is Cc1cccc(C(=O)NCCOc2ccc(F)cc2)c1. The van der Waals surface area contributed by atoms with E-state index < -0.39 is 0 Å². The van der Waals surface area contributed by atoms with Gasteiger partial charge in [-0.2, -0.15) is 0 Å². The number of ether oxygens (including phenoxy) is 1. The zero-order valence-corrected chi connectivity index (χ0v) is 11.2. The van der Waals surface area contributed by atoms with Crippen LogP contribution in [0.3, 0.4) is 0 Å². The van der Waals surface area contributed by atoms with Crippen molar-refractivity contribution in [2.45, 2.75) is 6.92 Å². The van der Waals surface area contributed by atoms with Crippen molar-refractivity contribution in [1.82, 2.24) is 5.32 Å². The summed E-state index contributed by atoms with van der Waals surface area (Å²) in [6, 6.07) is 13.2. The van der Waals surface area contributed by atoms with Crippen LogP contribution in [0.2, 0.25) is 0 Å². The van der Waals surface area contributed by atoms with Gasteiger partial charge >= 0.3 is 0 Å². The third-order valence-electron chi connectivity index (χ3n) is 2.75. The van der Waals surface area contributed by atoms with E-state index in [1.54, 1.807) is 18.2 Å². The maximum Gasteiger partial charge on any atom is 0.251 e. The summed E-state index contributed by atoms with van der Waals surface area (Å²) in [6.07, 6.45) is 0. The summed E-state index contributed by atoms with van der Waals surface area (Å²) in [5.74, 6) is 0.151. The number of nitrogens with one attached hydrogen (secondary N) is 1. The summed E-state index contributed by atoms with van der Waals surface area (Å²) in [5, 5.41) is 2.77. The molecule has 2 rings (SSSR count). The topological polar surface area (TPSA) is 38.3 Å². The Morgan fingerprint density at radius 1 is 1.20 bits per heavy atom. The van der Waals surface area contributed by atoms with E-state index >= 15 is 0 Å². The van der Waals surface area contributed by atoms with Gasteiger partial charge in [0.2, 0.25) is 0 Å². The monoisotopic (exact) mass is 273 g/mol. The van der Waals surface area contributed by atoms with Crippen LogP contribution in [0, 0.1) is 12.7 Å². The highest BCUT2D eigenvalue weighted by molar-refractivity contribution is 5.94. The lowest BCUT2D eigenvalue weighted by atomic mass is 10.1. The molecule has 0 saturated heterocycles. The number of aryl methyl sites for hydroxylation is 1. The highest BCUT2D eigenvalue weighted by Crippen LogP contribution is 2.10. The molecule has 20 heavy (non-hydrogen) atoms. The van der Waals surface area contributed by atoms with Gasteiger partial charge < -0.3 is 10.1 Å². The Morgan fingerprint density at radius 2 is 1.95 bits per heavy atom. The van der Waals surface area contributed by atoms with Crippen LogP contribution < -0.4 is 10.1 Å². The maximum absolute atomic E-state index is 12.7. The normalized spacial score (nSPS) is 10.1. The largest absolute Gasteiger partial charge is 0.492 e. The number of halogens is 1. The molecule has 104 valence electrons. The van der Waals surface area contributed by atoms with Gasteiger partial charge in [-0.05, 0) is 43.3 Å². The Hall–Kier alpha value is -2.36. The first kappa shape index (κ1) is 14.1. The molecular formula is C16H16FNO2. The number of carbonyl (C=O) groups excluding carboxylic acids is 1. The molecule has 0 unspecified atom stereocenters. The van der Waals surface area contributed by atoms with Crippen molar-refractivity contribution in [3.05, 3.63) is 65.5 Å². The van der Waals surface area contributed by atoms with Gasteiger partial charge in [0.15, 0.2) is 0 Å². The molecule has 3 nitrogen and oxygen atoms in total. The van der Waals surface area contributed by atoms with Gasteiger partial charge in [-0.3, -0.25) is 4.79 Å². The lowest BCUT2D eigenvalue weighted by Crippen LogP contribution is -2.28. The molecule has 0 spiro atoms. The second kappa shape index (κ2) is 6.70. The quantitative estimate of drug-likeness (QED) is 0.851. The molecule has 0 saturated carbocycles. The number of carbonyl (C=O) groups is 1. The van der Waals surface area contributed by atoms with Crippen LogP contribution in [0.5, 0.6) is 5.75 Å². The molecule has 2 aromatic carbocycles. The van der Waals surface area contributed by atoms with Crippen molar-refractivity contribution in [1.29, 1.82) is 0 Å². The van der Waals surface area contributed by atoms with Crippen molar-refractivity contribution in [3.63, 3.8) is 0 Å². The smallest absolute Gasteiger partial charge is 0.251 e. The summed E-state index contributed by atoms with van der Waals surface area (Å²) in [6.45, 7) is 2.67. The van der Waals surface area contributed by atoms with Crippen LogP contribution >= 0.6 is 0 Å². The van der Waals surface area contributed by atoms with Gasteiger partial charge in [0.25, 0.3) is 5.91 Å². The van der Waals surface area contributed by atoms with Gasteiger partial charge in [-0.25, -0.2) is 4.39 Å². The Labute approximate surface area is 117 Å². The third-order valence-corrected chi connectivity index (χ3v) is 2.75. The second-order valence-electron chi connectivity index (χ2n) is 4.43. The van der Waals surface area contributed by atoms with E-state index in [4.69, 9.17) is 4.74 Å². The Bertz CT molecular complexity index is 581. The predicted molar refractivity (Wildman–Crippen MR) is 75.4 cm³/mol. The summed E-state index contributed by atoms with van der Waals surface area (Å²) >= 11 is 0. The molecule has 0 bridgehead atoms. The van der Waals surface area contributed by atoms with Gasteiger partial charge in [0, 0.05) is 5.56 Å². The van der Waals surface area contributed by atoms with E-state index in [1.807, 2.05) is 25.1 Å². The molecule has 4 heteroatoms. The van der Waals surface area contributed by atoms with Crippen LogP contribution in [0.4, 0.5) is 4.39 Å². The average Bonchev–Trinajstić information content (AvgIpc) is 2.45. The van der Waals surface area contributed by atoms with Crippen LogP contribution in [0.1, 0.15) is 15.9 Å². The Kier molecular flexibility index (Phi) is 4.71. The molecule has 0 aromatic heterocycles. The standard InChI is InChI=1S/C16H16FNO2/c1-12-3-2-4-13(11-12)16(19)18-9-10-20-15-7-5-14(17)6-8-15/h2-8,11H,9-10H2,1H3,(H,18,19).